The molecule has 3 heteroatoms. The van der Waals surface area contributed by atoms with Crippen LogP contribution >= 0.6 is 0 Å². The molecule has 0 spiro atoms. The Bertz CT molecular complexity index is 550. The fraction of sp³-hybridized carbons (Fsp3) is 0. The first-order chi connectivity index (χ1) is 6.95. The fourth-order valence-electron chi connectivity index (χ4n) is 1.57. The van der Waals surface area contributed by atoms with Crippen molar-refractivity contribution in [2.24, 2.45) is 0 Å². The van der Waals surface area contributed by atoms with E-state index in [1.165, 1.54) is 0 Å². The number of hydrogen-bond donors (Lipinski definition) is 0. The number of para-hydroxylation sites is 1. The highest BCUT2D eigenvalue weighted by atomic mass is 14.8. The van der Waals surface area contributed by atoms with Gasteiger partial charge in [0.15, 0.2) is 0 Å². The molecule has 0 unspecified atom stereocenters. The number of pyridine rings is 1. The van der Waals surface area contributed by atoms with Crippen molar-refractivity contribution in [2.75, 3.05) is 0 Å². The third kappa shape index (κ3) is 0.956. The molecule has 0 bridgehead atoms. The molecule has 0 aliphatic rings. The first kappa shape index (κ1) is 7.38. The maximum atomic E-state index is 4.31. The summed E-state index contributed by atoms with van der Waals surface area (Å²) in [7, 11) is 0. The van der Waals surface area contributed by atoms with Gasteiger partial charge in [-0.25, -0.2) is 0 Å². The van der Waals surface area contributed by atoms with E-state index in [4.69, 9.17) is 0 Å². The predicted octanol–water partition coefficient (Wildman–Crippen LogP) is 2.18. The van der Waals surface area contributed by atoms with E-state index in [1.54, 1.807) is 18.6 Å². The number of aromatic nitrogens is 3. The Hall–Kier alpha value is -2.03. The smallest absolute Gasteiger partial charge is 0.108 e. The van der Waals surface area contributed by atoms with Gasteiger partial charge >= 0.3 is 0 Å². The second-order valence-corrected chi connectivity index (χ2v) is 3.07. The van der Waals surface area contributed by atoms with Crippen molar-refractivity contribution < 1.29 is 0 Å². The topological polar surface area (TPSA) is 38.7 Å². The molecule has 0 saturated heterocycles. The zero-order valence-corrected chi connectivity index (χ0v) is 7.38. The summed E-state index contributed by atoms with van der Waals surface area (Å²) in [5.41, 5.74) is 2.71. The Kier molecular flexibility index (Phi) is 1.44. The van der Waals surface area contributed by atoms with Gasteiger partial charge in [-0.05, 0) is 6.07 Å². The molecule has 66 valence electrons. The summed E-state index contributed by atoms with van der Waals surface area (Å²) in [5.74, 6) is 0. The van der Waals surface area contributed by atoms with Crippen molar-refractivity contribution >= 4 is 21.9 Å². The van der Waals surface area contributed by atoms with Gasteiger partial charge in [0.1, 0.15) is 5.52 Å². The van der Waals surface area contributed by atoms with Gasteiger partial charge in [-0.15, -0.1) is 0 Å². The molecule has 0 radical (unpaired) electrons. The van der Waals surface area contributed by atoms with Crippen LogP contribution in [0.4, 0.5) is 0 Å². The van der Waals surface area contributed by atoms with Crippen molar-refractivity contribution in [2.45, 2.75) is 0 Å². The lowest BCUT2D eigenvalue weighted by atomic mass is 10.2. The Labute approximate surface area is 80.5 Å². The van der Waals surface area contributed by atoms with Crippen molar-refractivity contribution in [1.82, 2.24) is 15.0 Å². The van der Waals surface area contributed by atoms with Gasteiger partial charge in [0, 0.05) is 17.8 Å². The Morgan fingerprint density at radius 1 is 0.786 bits per heavy atom. The second kappa shape index (κ2) is 2.73. The molecular weight excluding hydrogens is 174 g/mol. The number of hydrogen-bond acceptors (Lipinski definition) is 3. The monoisotopic (exact) mass is 181 g/mol. The standard InChI is InChI=1S/C11H7N3/c1-2-4-9-8(3-1)11-10(7-14-9)12-5-6-13-11/h1-7H. The summed E-state index contributed by atoms with van der Waals surface area (Å²) in [6.07, 6.45) is 5.14. The summed E-state index contributed by atoms with van der Waals surface area (Å²) < 4.78 is 0. The third-order valence-corrected chi connectivity index (χ3v) is 2.21. The Morgan fingerprint density at radius 2 is 1.64 bits per heavy atom. The van der Waals surface area contributed by atoms with Crippen molar-refractivity contribution in [3.63, 3.8) is 0 Å². The minimum Gasteiger partial charge on any atom is -0.254 e. The predicted molar refractivity (Wildman–Crippen MR) is 54.8 cm³/mol. The molecule has 0 aliphatic carbocycles. The van der Waals surface area contributed by atoms with Crippen LogP contribution in [-0.4, -0.2) is 15.0 Å². The van der Waals surface area contributed by atoms with Gasteiger partial charge in [0.2, 0.25) is 0 Å². The zero-order chi connectivity index (χ0) is 9.38. The van der Waals surface area contributed by atoms with Crippen LogP contribution in [-0.2, 0) is 0 Å². The van der Waals surface area contributed by atoms with E-state index in [0.717, 1.165) is 21.9 Å². The van der Waals surface area contributed by atoms with Gasteiger partial charge in [-0.2, -0.15) is 0 Å². The largest absolute Gasteiger partial charge is 0.254 e. The highest BCUT2D eigenvalue weighted by Crippen LogP contribution is 2.18. The normalized spacial score (nSPS) is 10.9. The van der Waals surface area contributed by atoms with E-state index in [-0.39, 0.29) is 0 Å². The van der Waals surface area contributed by atoms with Crippen molar-refractivity contribution in [1.29, 1.82) is 0 Å². The van der Waals surface area contributed by atoms with E-state index in [1.807, 2.05) is 24.3 Å². The maximum absolute atomic E-state index is 4.31. The third-order valence-electron chi connectivity index (χ3n) is 2.21. The fourth-order valence-corrected chi connectivity index (χ4v) is 1.57. The van der Waals surface area contributed by atoms with Crippen LogP contribution in [0.2, 0.25) is 0 Å². The minimum absolute atomic E-state index is 0.839. The summed E-state index contributed by atoms with van der Waals surface area (Å²) in [6.45, 7) is 0. The van der Waals surface area contributed by atoms with E-state index in [0.29, 0.717) is 0 Å². The number of nitrogens with zero attached hydrogens (tertiary/aromatic N) is 3. The molecule has 3 nitrogen and oxygen atoms in total. The van der Waals surface area contributed by atoms with E-state index >= 15 is 0 Å². The molecule has 0 aliphatic heterocycles. The number of fused-ring (bicyclic) bond motifs is 3. The summed E-state index contributed by atoms with van der Waals surface area (Å²) in [5, 5.41) is 1.05. The molecule has 1 aromatic carbocycles. The van der Waals surface area contributed by atoms with Crippen LogP contribution in [0.1, 0.15) is 0 Å². The van der Waals surface area contributed by atoms with E-state index < -0.39 is 0 Å². The second-order valence-electron chi connectivity index (χ2n) is 3.07. The van der Waals surface area contributed by atoms with Gasteiger partial charge in [0.05, 0.1) is 17.2 Å². The SMILES string of the molecule is c1ccc2c(c1)ncc1nccnc12. The van der Waals surface area contributed by atoms with Crippen LogP contribution in [0.15, 0.2) is 42.9 Å². The Morgan fingerprint density at radius 3 is 2.64 bits per heavy atom. The van der Waals surface area contributed by atoms with Gasteiger partial charge < -0.3 is 0 Å². The molecule has 14 heavy (non-hydrogen) atoms. The molecular formula is C11H7N3. The molecule has 0 saturated carbocycles. The lowest BCUT2D eigenvalue weighted by Crippen LogP contribution is -1.86. The van der Waals surface area contributed by atoms with Crippen molar-refractivity contribution in [3.8, 4) is 0 Å². The van der Waals surface area contributed by atoms with Gasteiger partial charge in [-0.3, -0.25) is 15.0 Å². The lowest BCUT2D eigenvalue weighted by Gasteiger charge is -1.99. The lowest BCUT2D eigenvalue weighted by molar-refractivity contribution is 1.28. The molecule has 0 amide bonds. The van der Waals surface area contributed by atoms with E-state index in [2.05, 4.69) is 15.0 Å². The molecule has 0 atom stereocenters. The first-order valence-electron chi connectivity index (χ1n) is 4.39. The van der Waals surface area contributed by atoms with Crippen molar-refractivity contribution in [3.05, 3.63) is 42.9 Å². The number of benzene rings is 1. The minimum atomic E-state index is 0.839. The first-order valence-corrected chi connectivity index (χ1v) is 4.39. The maximum Gasteiger partial charge on any atom is 0.108 e. The molecule has 2 heterocycles. The Balaban J connectivity index is 2.61. The highest BCUT2D eigenvalue weighted by molar-refractivity contribution is 6.00. The summed E-state index contributed by atoms with van der Waals surface area (Å²) in [4.78, 5) is 12.8. The van der Waals surface area contributed by atoms with Crippen LogP contribution in [0.25, 0.3) is 21.9 Å². The van der Waals surface area contributed by atoms with Gasteiger partial charge in [-0.1, -0.05) is 18.2 Å². The molecule has 3 aromatic rings. The van der Waals surface area contributed by atoms with Gasteiger partial charge in [0.25, 0.3) is 0 Å². The quantitative estimate of drug-likeness (QED) is 0.499. The number of rotatable bonds is 0. The van der Waals surface area contributed by atoms with Crippen LogP contribution in [0.5, 0.6) is 0 Å². The molecule has 3 rings (SSSR count). The average Bonchev–Trinajstić information content (AvgIpc) is 2.29. The van der Waals surface area contributed by atoms with Crippen LogP contribution < -0.4 is 0 Å². The summed E-state index contributed by atoms with van der Waals surface area (Å²) in [6, 6.07) is 7.94. The molecule has 0 fully saturated rings. The summed E-state index contributed by atoms with van der Waals surface area (Å²) >= 11 is 0. The van der Waals surface area contributed by atoms with E-state index in [9.17, 15) is 0 Å². The average molecular weight is 181 g/mol. The zero-order valence-electron chi connectivity index (χ0n) is 7.38. The van der Waals surface area contributed by atoms with Crippen LogP contribution in [0, 0.1) is 0 Å². The molecule has 0 N–H and O–H groups in total. The van der Waals surface area contributed by atoms with Crippen LogP contribution in [0.3, 0.4) is 0 Å². The highest BCUT2D eigenvalue weighted by Gasteiger charge is 2.01. The molecule has 2 aromatic heterocycles.